The summed E-state index contributed by atoms with van der Waals surface area (Å²) in [4.78, 5) is -1.24. The first-order valence-corrected chi connectivity index (χ1v) is 4.33. The van der Waals surface area contributed by atoms with Gasteiger partial charge in [-0.1, -0.05) is 0 Å². The Kier molecular flexibility index (Phi) is 1.59. The van der Waals surface area contributed by atoms with Gasteiger partial charge in [0.15, 0.2) is 0 Å². The first-order valence-electron chi connectivity index (χ1n) is 3.45. The smallest absolute Gasteiger partial charge is 0.194 e. The summed E-state index contributed by atoms with van der Waals surface area (Å²) in [6.45, 7) is 0. The molecule has 0 aliphatic heterocycles. The maximum Gasteiger partial charge on any atom is 0.381 e. The van der Waals surface area contributed by atoms with Crippen LogP contribution in [0.4, 0.5) is 26.3 Å². The average Bonchev–Trinajstić information content (AvgIpc) is 2.53. The van der Waals surface area contributed by atoms with Gasteiger partial charge in [0, 0.05) is 5.56 Å². The van der Waals surface area contributed by atoms with E-state index in [9.17, 15) is 26.3 Å². The lowest BCUT2D eigenvalue weighted by molar-refractivity contribution is -0.301. The number of hydrogen-bond donors (Lipinski definition) is 0. The van der Waals surface area contributed by atoms with Crippen LogP contribution in [0.25, 0.3) is 0 Å². The van der Waals surface area contributed by atoms with Crippen LogP contribution >= 0.6 is 11.3 Å². The topological polar surface area (TPSA) is 0 Å². The van der Waals surface area contributed by atoms with E-state index in [1.54, 1.807) is 0 Å². The molecule has 1 aliphatic rings. The van der Waals surface area contributed by atoms with Crippen LogP contribution in [0.2, 0.25) is 0 Å². The molecule has 78 valence electrons. The molecule has 1 heterocycles. The fraction of sp³-hybridized carbons (Fsp3) is 0.429. The van der Waals surface area contributed by atoms with E-state index in [2.05, 4.69) is 0 Å². The summed E-state index contributed by atoms with van der Waals surface area (Å²) < 4.78 is 76.6. The van der Waals surface area contributed by atoms with E-state index in [0.717, 1.165) is 5.38 Å². The Morgan fingerprint density at radius 2 is 1.50 bits per heavy atom. The van der Waals surface area contributed by atoms with Crippen LogP contribution in [0.1, 0.15) is 10.4 Å². The van der Waals surface area contributed by atoms with Gasteiger partial charge in [0.2, 0.25) is 0 Å². The molecule has 14 heavy (non-hydrogen) atoms. The van der Waals surface area contributed by atoms with Crippen molar-refractivity contribution in [2.45, 2.75) is 17.8 Å². The Bertz CT molecular complexity index is 347. The van der Waals surface area contributed by atoms with Gasteiger partial charge in [-0.25, -0.2) is 0 Å². The van der Waals surface area contributed by atoms with Crippen molar-refractivity contribution in [3.05, 3.63) is 21.9 Å². The Morgan fingerprint density at radius 3 is 2.00 bits per heavy atom. The second-order valence-corrected chi connectivity index (χ2v) is 3.80. The lowest BCUT2D eigenvalue weighted by Gasteiger charge is -2.23. The standard InChI is InChI=1S/C7H2F6S/c8-5(9)3-1-2-14-4(3)6(10,11)7(5,12)13/h1-2H. The molecule has 0 radical (unpaired) electrons. The van der Waals surface area contributed by atoms with Gasteiger partial charge >= 0.3 is 17.8 Å². The lowest BCUT2D eigenvalue weighted by Crippen LogP contribution is -2.43. The molecule has 0 unspecified atom stereocenters. The molecule has 1 aliphatic carbocycles. The second-order valence-electron chi connectivity index (χ2n) is 2.89. The highest BCUT2D eigenvalue weighted by molar-refractivity contribution is 7.10. The molecule has 7 heteroatoms. The number of halogens is 6. The van der Waals surface area contributed by atoms with E-state index in [-0.39, 0.29) is 11.3 Å². The van der Waals surface area contributed by atoms with Crippen LogP contribution in [-0.4, -0.2) is 5.92 Å². The molecule has 0 saturated heterocycles. The van der Waals surface area contributed by atoms with Crippen LogP contribution in [-0.2, 0) is 11.8 Å². The molecule has 0 atom stereocenters. The summed E-state index contributed by atoms with van der Waals surface area (Å²) in [6, 6.07) is 0.606. The zero-order chi connectivity index (χ0) is 10.8. The Morgan fingerprint density at radius 1 is 0.929 bits per heavy atom. The largest absolute Gasteiger partial charge is 0.381 e. The number of rotatable bonds is 0. The van der Waals surface area contributed by atoms with E-state index >= 15 is 0 Å². The Hall–Kier alpha value is -0.720. The third-order valence-corrected chi connectivity index (χ3v) is 3.06. The summed E-state index contributed by atoms with van der Waals surface area (Å²) in [7, 11) is 0. The first kappa shape index (κ1) is 9.82. The van der Waals surface area contributed by atoms with Gasteiger partial charge in [0.25, 0.3) is 0 Å². The fourth-order valence-electron chi connectivity index (χ4n) is 1.31. The van der Waals surface area contributed by atoms with Gasteiger partial charge in [-0.2, -0.15) is 26.3 Å². The van der Waals surface area contributed by atoms with Crippen LogP contribution in [0.15, 0.2) is 11.4 Å². The normalized spacial score (nSPS) is 26.1. The third-order valence-electron chi connectivity index (χ3n) is 2.08. The van der Waals surface area contributed by atoms with Gasteiger partial charge in [0.1, 0.15) is 0 Å². The van der Waals surface area contributed by atoms with Crippen molar-refractivity contribution in [2.24, 2.45) is 0 Å². The van der Waals surface area contributed by atoms with Crippen LogP contribution < -0.4 is 0 Å². The molecule has 2 rings (SSSR count). The first-order chi connectivity index (χ1) is 6.23. The minimum absolute atomic E-state index is 0.214. The van der Waals surface area contributed by atoms with Gasteiger partial charge in [0.05, 0.1) is 4.88 Å². The van der Waals surface area contributed by atoms with Crippen molar-refractivity contribution < 1.29 is 26.3 Å². The van der Waals surface area contributed by atoms with Crippen molar-refractivity contribution in [1.82, 2.24) is 0 Å². The molecular formula is C7H2F6S. The Balaban J connectivity index is 2.73. The van der Waals surface area contributed by atoms with E-state index in [1.165, 1.54) is 0 Å². The highest BCUT2D eigenvalue weighted by Crippen LogP contribution is 2.64. The number of hydrogen-bond acceptors (Lipinski definition) is 1. The molecular weight excluding hydrogens is 230 g/mol. The second kappa shape index (κ2) is 2.26. The highest BCUT2D eigenvalue weighted by Gasteiger charge is 2.79. The van der Waals surface area contributed by atoms with Crippen molar-refractivity contribution in [1.29, 1.82) is 0 Å². The fourth-order valence-corrected chi connectivity index (χ4v) is 2.25. The quantitative estimate of drug-likeness (QED) is 0.600. The summed E-state index contributed by atoms with van der Waals surface area (Å²) in [5.41, 5.74) is -1.27. The number of fused-ring (bicyclic) bond motifs is 1. The van der Waals surface area contributed by atoms with Gasteiger partial charge in [-0.15, -0.1) is 11.3 Å². The third kappa shape index (κ3) is 0.773. The van der Waals surface area contributed by atoms with Crippen molar-refractivity contribution in [3.63, 3.8) is 0 Å². The van der Waals surface area contributed by atoms with Crippen molar-refractivity contribution in [3.8, 4) is 0 Å². The van der Waals surface area contributed by atoms with Crippen molar-refractivity contribution in [2.75, 3.05) is 0 Å². The molecule has 1 aromatic rings. The lowest BCUT2D eigenvalue weighted by atomic mass is 10.1. The average molecular weight is 232 g/mol. The molecule has 0 aromatic carbocycles. The maximum absolute atomic E-state index is 12.8. The van der Waals surface area contributed by atoms with Crippen LogP contribution in [0.3, 0.4) is 0 Å². The monoisotopic (exact) mass is 232 g/mol. The Labute approximate surface area is 78.2 Å². The number of alkyl halides is 6. The summed E-state index contributed by atoms with van der Waals surface area (Å²) in [5, 5.41) is 0.946. The van der Waals surface area contributed by atoms with Gasteiger partial charge in [-0.05, 0) is 11.4 Å². The molecule has 0 bridgehead atoms. The number of thiophene rings is 1. The molecule has 0 N–H and O–H groups in total. The van der Waals surface area contributed by atoms with Crippen LogP contribution in [0, 0.1) is 0 Å². The molecule has 0 fully saturated rings. The summed E-state index contributed by atoms with van der Waals surface area (Å²) in [5.74, 6) is -14.9. The molecule has 1 aromatic heterocycles. The van der Waals surface area contributed by atoms with E-state index in [1.807, 2.05) is 0 Å². The highest BCUT2D eigenvalue weighted by atomic mass is 32.1. The predicted octanol–water partition coefficient (Wildman–Crippen LogP) is 3.58. The van der Waals surface area contributed by atoms with Crippen molar-refractivity contribution >= 4 is 11.3 Å². The van der Waals surface area contributed by atoms with Gasteiger partial charge in [-0.3, -0.25) is 0 Å². The van der Waals surface area contributed by atoms with E-state index in [4.69, 9.17) is 0 Å². The molecule has 0 amide bonds. The molecule has 0 saturated carbocycles. The van der Waals surface area contributed by atoms with Crippen LogP contribution in [0.5, 0.6) is 0 Å². The van der Waals surface area contributed by atoms with E-state index in [0.29, 0.717) is 6.07 Å². The predicted molar refractivity (Wildman–Crippen MR) is 37.1 cm³/mol. The minimum atomic E-state index is -5.33. The SMILES string of the molecule is FC1(F)c2ccsc2C(F)(F)C1(F)F. The zero-order valence-electron chi connectivity index (χ0n) is 6.33. The minimum Gasteiger partial charge on any atom is -0.194 e. The maximum atomic E-state index is 12.8. The van der Waals surface area contributed by atoms with Gasteiger partial charge < -0.3 is 0 Å². The molecule has 0 nitrogen and oxygen atoms in total. The summed E-state index contributed by atoms with van der Waals surface area (Å²) >= 11 is 0.214. The van der Waals surface area contributed by atoms with E-state index < -0.39 is 28.2 Å². The summed E-state index contributed by atoms with van der Waals surface area (Å²) in [6.07, 6.45) is 0. The zero-order valence-corrected chi connectivity index (χ0v) is 7.15. The molecule has 0 spiro atoms.